The molecule has 0 aliphatic rings. The van der Waals surface area contributed by atoms with Crippen molar-refractivity contribution in [3.63, 3.8) is 0 Å². The Hall–Kier alpha value is -1.13. The molecule has 5 heteroatoms. The van der Waals surface area contributed by atoms with E-state index in [0.717, 1.165) is 22.7 Å². The van der Waals surface area contributed by atoms with Crippen LogP contribution in [0.1, 0.15) is 5.69 Å². The maximum Gasteiger partial charge on any atom is 0.128 e. The summed E-state index contributed by atoms with van der Waals surface area (Å²) in [5.74, 6) is 1.39. The SMILES string of the molecule is COc1ccc(Cl)cc1-c1cc(CS)nn1C. The molecule has 0 fully saturated rings. The maximum absolute atomic E-state index is 6.02. The van der Waals surface area contributed by atoms with Gasteiger partial charge in [-0.05, 0) is 24.3 Å². The van der Waals surface area contributed by atoms with Crippen molar-refractivity contribution in [2.75, 3.05) is 7.11 Å². The number of methoxy groups -OCH3 is 1. The summed E-state index contributed by atoms with van der Waals surface area (Å²) < 4.78 is 7.14. The van der Waals surface area contributed by atoms with E-state index in [2.05, 4.69) is 17.7 Å². The van der Waals surface area contributed by atoms with Gasteiger partial charge in [0.05, 0.1) is 18.5 Å². The summed E-state index contributed by atoms with van der Waals surface area (Å²) in [6.07, 6.45) is 0. The highest BCUT2D eigenvalue weighted by atomic mass is 35.5. The Bertz CT molecular complexity index is 539. The van der Waals surface area contributed by atoms with Gasteiger partial charge in [0.15, 0.2) is 0 Å². The second-order valence-electron chi connectivity index (χ2n) is 3.65. The Kier molecular flexibility index (Phi) is 3.64. The Morgan fingerprint density at radius 2 is 2.18 bits per heavy atom. The summed E-state index contributed by atoms with van der Waals surface area (Å²) in [6.45, 7) is 0. The predicted molar refractivity (Wildman–Crippen MR) is 72.9 cm³/mol. The van der Waals surface area contributed by atoms with Crippen molar-refractivity contribution in [2.24, 2.45) is 7.05 Å². The van der Waals surface area contributed by atoms with Crippen LogP contribution < -0.4 is 4.74 Å². The average molecular weight is 269 g/mol. The first-order valence-corrected chi connectivity index (χ1v) is 6.14. The van der Waals surface area contributed by atoms with Gasteiger partial charge < -0.3 is 4.74 Å². The third kappa shape index (κ3) is 2.42. The second kappa shape index (κ2) is 5.02. The van der Waals surface area contributed by atoms with Crippen molar-refractivity contribution >= 4 is 24.2 Å². The van der Waals surface area contributed by atoms with Crippen molar-refractivity contribution in [2.45, 2.75) is 5.75 Å². The normalized spacial score (nSPS) is 10.6. The van der Waals surface area contributed by atoms with Crippen LogP contribution in [0.4, 0.5) is 0 Å². The number of hydrogen-bond donors (Lipinski definition) is 1. The summed E-state index contributed by atoms with van der Waals surface area (Å²) in [5.41, 5.74) is 2.82. The molecule has 2 aromatic rings. The molecule has 0 N–H and O–H groups in total. The number of halogens is 1. The van der Waals surface area contributed by atoms with E-state index in [0.29, 0.717) is 10.8 Å². The molecule has 0 radical (unpaired) electrons. The summed E-state index contributed by atoms with van der Waals surface area (Å²) in [6, 6.07) is 7.52. The van der Waals surface area contributed by atoms with Crippen LogP contribution in [0.25, 0.3) is 11.3 Å². The Morgan fingerprint density at radius 3 is 2.76 bits per heavy atom. The van der Waals surface area contributed by atoms with Crippen LogP contribution in [0.2, 0.25) is 5.02 Å². The largest absolute Gasteiger partial charge is 0.496 e. The van der Waals surface area contributed by atoms with Crippen molar-refractivity contribution in [3.05, 3.63) is 35.0 Å². The molecule has 0 aliphatic heterocycles. The van der Waals surface area contributed by atoms with Gasteiger partial charge in [-0.25, -0.2) is 0 Å². The fourth-order valence-electron chi connectivity index (χ4n) is 1.74. The van der Waals surface area contributed by atoms with E-state index in [1.807, 2.05) is 25.2 Å². The fraction of sp³-hybridized carbons (Fsp3) is 0.250. The first-order valence-electron chi connectivity index (χ1n) is 5.13. The zero-order valence-electron chi connectivity index (χ0n) is 9.64. The first kappa shape index (κ1) is 12.3. The molecule has 0 unspecified atom stereocenters. The van der Waals surface area contributed by atoms with Crippen LogP contribution in [0.3, 0.4) is 0 Å². The molecule has 2 rings (SSSR count). The smallest absolute Gasteiger partial charge is 0.128 e. The molecule has 0 spiro atoms. The van der Waals surface area contributed by atoms with Gasteiger partial charge in [0.2, 0.25) is 0 Å². The molecule has 1 aromatic carbocycles. The molecule has 0 saturated heterocycles. The van der Waals surface area contributed by atoms with Crippen LogP contribution in [-0.4, -0.2) is 16.9 Å². The molecule has 0 saturated carbocycles. The number of ether oxygens (including phenoxy) is 1. The van der Waals surface area contributed by atoms with E-state index in [-0.39, 0.29) is 0 Å². The molecule has 17 heavy (non-hydrogen) atoms. The summed E-state index contributed by atoms with van der Waals surface area (Å²) in [7, 11) is 3.53. The van der Waals surface area contributed by atoms with Crippen molar-refractivity contribution in [3.8, 4) is 17.0 Å². The van der Waals surface area contributed by atoms with Crippen LogP contribution in [0.5, 0.6) is 5.75 Å². The number of aryl methyl sites for hydroxylation is 1. The summed E-state index contributed by atoms with van der Waals surface area (Å²) >= 11 is 10.2. The van der Waals surface area contributed by atoms with Gasteiger partial charge in [-0.15, -0.1) is 0 Å². The lowest BCUT2D eigenvalue weighted by molar-refractivity contribution is 0.416. The monoisotopic (exact) mass is 268 g/mol. The molecular weight excluding hydrogens is 256 g/mol. The topological polar surface area (TPSA) is 27.1 Å². The first-order chi connectivity index (χ1) is 8.15. The molecule has 0 aliphatic carbocycles. The summed E-state index contributed by atoms with van der Waals surface area (Å²) in [4.78, 5) is 0. The molecular formula is C12H13ClN2OS. The molecule has 0 bridgehead atoms. The number of benzene rings is 1. The predicted octanol–water partition coefficient (Wildman–Crippen LogP) is 3.18. The van der Waals surface area contributed by atoms with Crippen LogP contribution >= 0.6 is 24.2 Å². The minimum absolute atomic E-state index is 0.608. The minimum atomic E-state index is 0.608. The standard InChI is InChI=1S/C12H13ClN2OS/c1-15-11(6-9(7-17)14-15)10-5-8(13)3-4-12(10)16-2/h3-6,17H,7H2,1-2H3. The maximum atomic E-state index is 6.02. The number of aromatic nitrogens is 2. The van der Waals surface area contributed by atoms with E-state index in [4.69, 9.17) is 16.3 Å². The lowest BCUT2D eigenvalue weighted by Crippen LogP contribution is -1.96. The number of rotatable bonds is 3. The molecule has 0 amide bonds. The zero-order valence-corrected chi connectivity index (χ0v) is 11.3. The Balaban J connectivity index is 2.58. The molecule has 1 heterocycles. The minimum Gasteiger partial charge on any atom is -0.496 e. The van der Waals surface area contributed by atoms with Gasteiger partial charge in [0.1, 0.15) is 5.75 Å². The van der Waals surface area contributed by atoms with Crippen molar-refractivity contribution < 1.29 is 4.74 Å². The van der Waals surface area contributed by atoms with E-state index in [9.17, 15) is 0 Å². The molecule has 1 aromatic heterocycles. The van der Waals surface area contributed by atoms with E-state index < -0.39 is 0 Å². The number of thiol groups is 1. The highest BCUT2D eigenvalue weighted by Crippen LogP contribution is 2.32. The van der Waals surface area contributed by atoms with Crippen LogP contribution in [0.15, 0.2) is 24.3 Å². The van der Waals surface area contributed by atoms with Gasteiger partial charge in [0.25, 0.3) is 0 Å². The lowest BCUT2D eigenvalue weighted by Gasteiger charge is -2.08. The van der Waals surface area contributed by atoms with Gasteiger partial charge >= 0.3 is 0 Å². The second-order valence-corrected chi connectivity index (χ2v) is 4.40. The average Bonchev–Trinajstić information content (AvgIpc) is 2.70. The van der Waals surface area contributed by atoms with Crippen LogP contribution in [-0.2, 0) is 12.8 Å². The number of nitrogens with zero attached hydrogens (tertiary/aromatic N) is 2. The Morgan fingerprint density at radius 1 is 1.41 bits per heavy atom. The third-order valence-electron chi connectivity index (χ3n) is 2.53. The van der Waals surface area contributed by atoms with Gasteiger partial charge in [-0.3, -0.25) is 4.68 Å². The van der Waals surface area contributed by atoms with Gasteiger partial charge in [-0.1, -0.05) is 11.6 Å². The van der Waals surface area contributed by atoms with Crippen molar-refractivity contribution in [1.82, 2.24) is 9.78 Å². The van der Waals surface area contributed by atoms with Gasteiger partial charge in [-0.2, -0.15) is 17.7 Å². The highest BCUT2D eigenvalue weighted by Gasteiger charge is 2.12. The lowest BCUT2D eigenvalue weighted by atomic mass is 10.1. The Labute approximate surface area is 111 Å². The zero-order chi connectivity index (χ0) is 12.4. The van der Waals surface area contributed by atoms with Crippen LogP contribution in [0, 0.1) is 0 Å². The molecule has 0 atom stereocenters. The van der Waals surface area contributed by atoms with E-state index in [1.54, 1.807) is 17.9 Å². The number of hydrogen-bond acceptors (Lipinski definition) is 3. The fourth-order valence-corrected chi connectivity index (χ4v) is 2.06. The third-order valence-corrected chi connectivity index (χ3v) is 3.09. The van der Waals surface area contributed by atoms with Gasteiger partial charge in [0, 0.05) is 23.4 Å². The highest BCUT2D eigenvalue weighted by molar-refractivity contribution is 7.79. The van der Waals surface area contributed by atoms with Crippen molar-refractivity contribution in [1.29, 1.82) is 0 Å². The summed E-state index contributed by atoms with van der Waals surface area (Å²) in [5, 5.41) is 5.03. The molecule has 3 nitrogen and oxygen atoms in total. The quantitative estimate of drug-likeness (QED) is 0.866. The van der Waals surface area contributed by atoms with E-state index in [1.165, 1.54) is 0 Å². The molecule has 90 valence electrons. The van der Waals surface area contributed by atoms with E-state index >= 15 is 0 Å².